The molecule has 1 aliphatic rings. The molecule has 0 aliphatic heterocycles. The van der Waals surface area contributed by atoms with E-state index in [9.17, 15) is 0 Å². The molecule has 1 aliphatic carbocycles. The number of hydrogen-bond acceptors (Lipinski definition) is 2. The van der Waals surface area contributed by atoms with Crippen molar-refractivity contribution in [1.82, 2.24) is 4.90 Å². The Balaban J connectivity index is 1.72. The Kier molecular flexibility index (Phi) is 4.69. The quantitative estimate of drug-likeness (QED) is 0.799. The fourth-order valence-electron chi connectivity index (χ4n) is 2.00. The van der Waals surface area contributed by atoms with Gasteiger partial charge in [-0.1, -0.05) is 30.7 Å². The first kappa shape index (κ1) is 12.7. The van der Waals surface area contributed by atoms with Crippen LogP contribution in [0.4, 0.5) is 5.69 Å². The van der Waals surface area contributed by atoms with E-state index in [2.05, 4.69) is 17.1 Å². The van der Waals surface area contributed by atoms with Gasteiger partial charge in [0, 0.05) is 19.6 Å². The lowest BCUT2D eigenvalue weighted by molar-refractivity contribution is 0.287. The van der Waals surface area contributed by atoms with Gasteiger partial charge in [-0.25, -0.2) is 0 Å². The van der Waals surface area contributed by atoms with Gasteiger partial charge in [-0.2, -0.15) is 0 Å². The first-order chi connectivity index (χ1) is 8.29. The molecule has 94 valence electrons. The van der Waals surface area contributed by atoms with Gasteiger partial charge < -0.3 is 10.2 Å². The van der Waals surface area contributed by atoms with Crippen molar-refractivity contribution in [3.8, 4) is 0 Å². The number of nitrogens with one attached hydrogen (secondary N) is 1. The van der Waals surface area contributed by atoms with Crippen LogP contribution in [0.3, 0.4) is 0 Å². The highest BCUT2D eigenvalue weighted by atomic mass is 35.5. The predicted octanol–water partition coefficient (Wildman–Crippen LogP) is 3.48. The van der Waals surface area contributed by atoms with E-state index in [1.165, 1.54) is 19.4 Å². The van der Waals surface area contributed by atoms with Gasteiger partial charge >= 0.3 is 0 Å². The van der Waals surface area contributed by atoms with Crippen LogP contribution in [0.2, 0.25) is 5.02 Å². The lowest BCUT2D eigenvalue weighted by Crippen LogP contribution is -2.30. The second-order valence-corrected chi connectivity index (χ2v) is 5.15. The summed E-state index contributed by atoms with van der Waals surface area (Å²) in [6.07, 6.45) is 2.85. The molecular weight excluding hydrogens is 232 g/mol. The van der Waals surface area contributed by atoms with Gasteiger partial charge in [-0.05, 0) is 37.4 Å². The molecule has 0 spiro atoms. The van der Waals surface area contributed by atoms with Crippen LogP contribution < -0.4 is 5.32 Å². The minimum Gasteiger partial charge on any atom is -0.383 e. The molecule has 1 saturated carbocycles. The van der Waals surface area contributed by atoms with E-state index in [4.69, 9.17) is 11.6 Å². The molecular formula is C14H21ClN2. The summed E-state index contributed by atoms with van der Waals surface area (Å²) in [5, 5.41) is 4.20. The number of anilines is 1. The van der Waals surface area contributed by atoms with Gasteiger partial charge in [0.1, 0.15) is 0 Å². The Morgan fingerprint density at radius 3 is 2.76 bits per heavy atom. The Bertz CT molecular complexity index is 350. The first-order valence-electron chi connectivity index (χ1n) is 6.50. The molecule has 1 aromatic carbocycles. The van der Waals surface area contributed by atoms with Gasteiger partial charge in [-0.15, -0.1) is 0 Å². The van der Waals surface area contributed by atoms with Crippen LogP contribution >= 0.6 is 11.6 Å². The maximum atomic E-state index is 6.09. The molecule has 0 aromatic heterocycles. The van der Waals surface area contributed by atoms with E-state index in [1.54, 1.807) is 0 Å². The Hall–Kier alpha value is -0.730. The van der Waals surface area contributed by atoms with E-state index >= 15 is 0 Å². The summed E-state index contributed by atoms with van der Waals surface area (Å²) in [5.74, 6) is 0.968. The predicted molar refractivity (Wildman–Crippen MR) is 74.8 cm³/mol. The second-order valence-electron chi connectivity index (χ2n) is 4.74. The van der Waals surface area contributed by atoms with Crippen molar-refractivity contribution in [3.05, 3.63) is 29.3 Å². The fraction of sp³-hybridized carbons (Fsp3) is 0.571. The molecule has 1 fully saturated rings. The summed E-state index contributed by atoms with van der Waals surface area (Å²) in [6, 6.07) is 7.92. The van der Waals surface area contributed by atoms with E-state index in [0.29, 0.717) is 0 Å². The molecule has 0 atom stereocenters. The number of halogens is 1. The maximum absolute atomic E-state index is 6.09. The maximum Gasteiger partial charge on any atom is 0.0637 e. The Labute approximate surface area is 109 Å². The molecule has 2 nitrogen and oxygen atoms in total. The van der Waals surface area contributed by atoms with Crippen LogP contribution in [0.25, 0.3) is 0 Å². The highest BCUT2D eigenvalue weighted by molar-refractivity contribution is 6.33. The molecule has 17 heavy (non-hydrogen) atoms. The number of hydrogen-bond donors (Lipinski definition) is 1. The molecule has 1 N–H and O–H groups in total. The van der Waals surface area contributed by atoms with Crippen LogP contribution in [-0.2, 0) is 0 Å². The zero-order chi connectivity index (χ0) is 12.1. The summed E-state index contributed by atoms with van der Waals surface area (Å²) < 4.78 is 0. The molecule has 0 radical (unpaired) electrons. The summed E-state index contributed by atoms with van der Waals surface area (Å²) >= 11 is 6.09. The number of rotatable bonds is 7. The zero-order valence-corrected chi connectivity index (χ0v) is 11.2. The van der Waals surface area contributed by atoms with Crippen LogP contribution in [0, 0.1) is 5.92 Å². The molecule has 0 amide bonds. The van der Waals surface area contributed by atoms with Crippen molar-refractivity contribution >= 4 is 17.3 Å². The summed E-state index contributed by atoms with van der Waals surface area (Å²) in [7, 11) is 0. The standard InChI is InChI=1S/C14H21ClN2/c1-2-17(11-12-7-8-12)10-9-16-14-6-4-3-5-13(14)15/h3-6,12,16H,2,7-11H2,1H3. The molecule has 3 heteroatoms. The van der Waals surface area contributed by atoms with Gasteiger partial charge in [0.05, 0.1) is 10.7 Å². The number of likely N-dealkylation sites (N-methyl/N-ethyl adjacent to an activating group) is 1. The first-order valence-corrected chi connectivity index (χ1v) is 6.88. The summed E-state index contributed by atoms with van der Waals surface area (Å²) in [4.78, 5) is 2.52. The van der Waals surface area contributed by atoms with Crippen molar-refractivity contribution in [2.24, 2.45) is 5.92 Å². The lowest BCUT2D eigenvalue weighted by Gasteiger charge is -2.20. The smallest absolute Gasteiger partial charge is 0.0637 e. The van der Waals surface area contributed by atoms with E-state index in [1.807, 2.05) is 24.3 Å². The monoisotopic (exact) mass is 252 g/mol. The lowest BCUT2D eigenvalue weighted by atomic mass is 10.3. The average molecular weight is 253 g/mol. The van der Waals surface area contributed by atoms with Crippen LogP contribution in [0.5, 0.6) is 0 Å². The third-order valence-electron chi connectivity index (χ3n) is 3.28. The minimum absolute atomic E-state index is 0.803. The van der Waals surface area contributed by atoms with Crippen molar-refractivity contribution in [3.63, 3.8) is 0 Å². The highest BCUT2D eigenvalue weighted by Crippen LogP contribution is 2.29. The van der Waals surface area contributed by atoms with Gasteiger partial charge in [0.15, 0.2) is 0 Å². The Morgan fingerprint density at radius 2 is 2.12 bits per heavy atom. The fourth-order valence-corrected chi connectivity index (χ4v) is 2.20. The molecule has 2 rings (SSSR count). The van der Waals surface area contributed by atoms with E-state index < -0.39 is 0 Å². The van der Waals surface area contributed by atoms with Gasteiger partial charge in [-0.3, -0.25) is 0 Å². The summed E-state index contributed by atoms with van der Waals surface area (Å²) in [6.45, 7) is 6.70. The molecule has 1 aromatic rings. The topological polar surface area (TPSA) is 15.3 Å². The van der Waals surface area contributed by atoms with E-state index in [0.717, 1.165) is 36.3 Å². The molecule has 0 saturated heterocycles. The zero-order valence-electron chi connectivity index (χ0n) is 10.5. The van der Waals surface area contributed by atoms with Crippen LogP contribution in [-0.4, -0.2) is 31.1 Å². The van der Waals surface area contributed by atoms with Gasteiger partial charge in [0.25, 0.3) is 0 Å². The number of para-hydroxylation sites is 1. The van der Waals surface area contributed by atoms with Crippen molar-refractivity contribution in [1.29, 1.82) is 0 Å². The van der Waals surface area contributed by atoms with Crippen molar-refractivity contribution < 1.29 is 0 Å². The summed E-state index contributed by atoms with van der Waals surface area (Å²) in [5.41, 5.74) is 1.04. The average Bonchev–Trinajstić information content (AvgIpc) is 3.14. The largest absolute Gasteiger partial charge is 0.383 e. The minimum atomic E-state index is 0.803. The molecule has 0 unspecified atom stereocenters. The van der Waals surface area contributed by atoms with Crippen molar-refractivity contribution in [2.45, 2.75) is 19.8 Å². The second kappa shape index (κ2) is 6.27. The van der Waals surface area contributed by atoms with Gasteiger partial charge in [0.2, 0.25) is 0 Å². The Morgan fingerprint density at radius 1 is 1.35 bits per heavy atom. The van der Waals surface area contributed by atoms with Crippen LogP contribution in [0.15, 0.2) is 24.3 Å². The highest BCUT2D eigenvalue weighted by Gasteiger charge is 2.23. The normalized spacial score (nSPS) is 15.2. The van der Waals surface area contributed by atoms with Crippen molar-refractivity contribution in [2.75, 3.05) is 31.5 Å². The third kappa shape index (κ3) is 4.21. The number of benzene rings is 1. The van der Waals surface area contributed by atoms with Crippen LogP contribution in [0.1, 0.15) is 19.8 Å². The molecule has 0 heterocycles. The number of nitrogens with zero attached hydrogens (tertiary/aromatic N) is 1. The SMILES string of the molecule is CCN(CCNc1ccccc1Cl)CC1CC1. The van der Waals surface area contributed by atoms with E-state index in [-0.39, 0.29) is 0 Å². The molecule has 0 bridgehead atoms. The third-order valence-corrected chi connectivity index (χ3v) is 3.61.